The second-order valence-corrected chi connectivity index (χ2v) is 8.48. The highest BCUT2D eigenvalue weighted by atomic mass is 32.1. The molecule has 0 N–H and O–H groups in total. The first-order chi connectivity index (χ1) is 14.3. The molecule has 1 aliphatic carbocycles. The summed E-state index contributed by atoms with van der Waals surface area (Å²) in [6, 6.07) is 13.7. The van der Waals surface area contributed by atoms with Gasteiger partial charge in [0, 0.05) is 4.88 Å². The Labute approximate surface area is 170 Å². The van der Waals surface area contributed by atoms with Crippen LogP contribution in [0.1, 0.15) is 28.8 Å². The number of hydrogen-bond donors (Lipinski definition) is 0. The zero-order chi connectivity index (χ0) is 19.4. The third kappa shape index (κ3) is 2.57. The molecule has 144 valence electrons. The summed E-state index contributed by atoms with van der Waals surface area (Å²) in [5, 5.41) is 5.59. The molecule has 0 bridgehead atoms. The van der Waals surface area contributed by atoms with Crippen molar-refractivity contribution < 1.29 is 4.42 Å². The maximum Gasteiger partial charge on any atom is 0.352 e. The van der Waals surface area contributed by atoms with E-state index < -0.39 is 0 Å². The Balaban J connectivity index is 1.68. The number of aromatic nitrogens is 4. The van der Waals surface area contributed by atoms with Crippen LogP contribution in [-0.2, 0) is 19.4 Å². The minimum atomic E-state index is -0.166. The van der Waals surface area contributed by atoms with Crippen LogP contribution in [0.5, 0.6) is 0 Å². The van der Waals surface area contributed by atoms with Crippen molar-refractivity contribution in [3.8, 4) is 11.6 Å². The first-order valence-electron chi connectivity index (χ1n) is 9.81. The van der Waals surface area contributed by atoms with Gasteiger partial charge in [0.25, 0.3) is 0 Å². The molecule has 6 rings (SSSR count). The smallest absolute Gasteiger partial charge is 0.352 e. The minimum Gasteiger partial charge on any atom is -0.461 e. The van der Waals surface area contributed by atoms with Crippen molar-refractivity contribution in [3.05, 3.63) is 75.2 Å². The maximum atomic E-state index is 13.4. The number of fused-ring (bicyclic) bond motifs is 5. The molecular formula is C22H18N4O2S. The second kappa shape index (κ2) is 6.42. The van der Waals surface area contributed by atoms with Crippen molar-refractivity contribution >= 4 is 27.2 Å². The molecule has 7 heteroatoms. The summed E-state index contributed by atoms with van der Waals surface area (Å²) in [6.07, 6.45) is 6.05. The van der Waals surface area contributed by atoms with Crippen LogP contribution in [0.15, 0.2) is 57.9 Å². The van der Waals surface area contributed by atoms with E-state index in [0.717, 1.165) is 28.6 Å². The van der Waals surface area contributed by atoms with Crippen LogP contribution >= 0.6 is 11.3 Å². The first-order valence-corrected chi connectivity index (χ1v) is 10.6. The Morgan fingerprint density at radius 3 is 2.76 bits per heavy atom. The molecule has 0 radical (unpaired) electrons. The lowest BCUT2D eigenvalue weighted by Gasteiger charge is -2.11. The molecule has 1 aliphatic rings. The van der Waals surface area contributed by atoms with Crippen LogP contribution in [0.3, 0.4) is 0 Å². The van der Waals surface area contributed by atoms with E-state index in [1.807, 2.05) is 41.0 Å². The zero-order valence-corrected chi connectivity index (χ0v) is 16.5. The third-order valence-corrected chi connectivity index (χ3v) is 6.88. The van der Waals surface area contributed by atoms with Crippen LogP contribution in [0.2, 0.25) is 0 Å². The fourth-order valence-corrected chi connectivity index (χ4v) is 5.57. The van der Waals surface area contributed by atoms with E-state index in [2.05, 4.69) is 5.10 Å². The van der Waals surface area contributed by atoms with Crippen molar-refractivity contribution in [1.82, 2.24) is 19.2 Å². The zero-order valence-electron chi connectivity index (χ0n) is 15.7. The molecule has 0 saturated carbocycles. The molecule has 4 heterocycles. The van der Waals surface area contributed by atoms with Crippen LogP contribution in [0.4, 0.5) is 0 Å². The van der Waals surface area contributed by atoms with Crippen molar-refractivity contribution in [1.29, 1.82) is 0 Å². The van der Waals surface area contributed by atoms with E-state index in [1.165, 1.54) is 27.8 Å². The molecule has 0 unspecified atom stereocenters. The van der Waals surface area contributed by atoms with Crippen LogP contribution < -0.4 is 5.69 Å². The van der Waals surface area contributed by atoms with Gasteiger partial charge in [-0.05, 0) is 48.9 Å². The maximum absolute atomic E-state index is 13.4. The average molecular weight is 402 g/mol. The molecule has 29 heavy (non-hydrogen) atoms. The lowest BCUT2D eigenvalue weighted by Crippen LogP contribution is -2.28. The predicted octanol–water partition coefficient (Wildman–Crippen LogP) is 4.29. The van der Waals surface area contributed by atoms with Crippen molar-refractivity contribution in [2.24, 2.45) is 0 Å². The topological polar surface area (TPSA) is 65.3 Å². The second-order valence-electron chi connectivity index (χ2n) is 7.39. The van der Waals surface area contributed by atoms with Crippen molar-refractivity contribution in [3.63, 3.8) is 0 Å². The molecule has 4 aromatic heterocycles. The third-order valence-electron chi connectivity index (χ3n) is 5.57. The van der Waals surface area contributed by atoms with Gasteiger partial charge in [0.15, 0.2) is 11.4 Å². The Hall–Kier alpha value is -3.19. The van der Waals surface area contributed by atoms with E-state index in [0.29, 0.717) is 23.8 Å². The molecule has 0 fully saturated rings. The Kier molecular flexibility index (Phi) is 3.70. The highest BCUT2D eigenvalue weighted by molar-refractivity contribution is 7.19. The summed E-state index contributed by atoms with van der Waals surface area (Å²) in [5.41, 5.74) is 2.90. The highest BCUT2D eigenvalue weighted by Crippen LogP contribution is 2.38. The first kappa shape index (κ1) is 16.7. The largest absolute Gasteiger partial charge is 0.461 e. The molecule has 0 saturated heterocycles. The van der Waals surface area contributed by atoms with E-state index in [1.54, 1.807) is 23.7 Å². The normalized spacial score (nSPS) is 13.9. The molecule has 0 aliphatic heterocycles. The molecule has 0 spiro atoms. The highest BCUT2D eigenvalue weighted by Gasteiger charge is 2.25. The Morgan fingerprint density at radius 2 is 1.93 bits per heavy atom. The average Bonchev–Trinajstić information content (AvgIpc) is 3.49. The molecule has 0 atom stereocenters. The lowest BCUT2D eigenvalue weighted by molar-refractivity contribution is 0.576. The van der Waals surface area contributed by atoms with E-state index in [-0.39, 0.29) is 5.69 Å². The quantitative estimate of drug-likeness (QED) is 0.451. The number of rotatable bonds is 3. The monoisotopic (exact) mass is 402 g/mol. The van der Waals surface area contributed by atoms with Crippen LogP contribution in [0, 0.1) is 0 Å². The van der Waals surface area contributed by atoms with Gasteiger partial charge in [-0.15, -0.1) is 16.4 Å². The molecule has 5 aromatic rings. The van der Waals surface area contributed by atoms with Gasteiger partial charge in [-0.2, -0.15) is 4.52 Å². The summed E-state index contributed by atoms with van der Waals surface area (Å²) in [6.45, 7) is 0.515. The lowest BCUT2D eigenvalue weighted by atomic mass is 9.97. The summed E-state index contributed by atoms with van der Waals surface area (Å²) in [7, 11) is 0. The molecule has 1 aromatic carbocycles. The molecule has 0 amide bonds. The van der Waals surface area contributed by atoms with Gasteiger partial charge < -0.3 is 4.42 Å². The van der Waals surface area contributed by atoms with Gasteiger partial charge in [0.2, 0.25) is 5.82 Å². The number of nitrogens with zero attached hydrogens (tertiary/aromatic N) is 4. The van der Waals surface area contributed by atoms with Gasteiger partial charge in [-0.1, -0.05) is 30.3 Å². The number of aryl methyl sites for hydroxylation is 2. The van der Waals surface area contributed by atoms with Gasteiger partial charge in [0.05, 0.1) is 18.2 Å². The summed E-state index contributed by atoms with van der Waals surface area (Å²) < 4.78 is 8.77. The molecular weight excluding hydrogens is 384 g/mol. The van der Waals surface area contributed by atoms with E-state index >= 15 is 0 Å². The van der Waals surface area contributed by atoms with Crippen LogP contribution in [0.25, 0.3) is 27.4 Å². The number of benzene rings is 1. The van der Waals surface area contributed by atoms with E-state index in [9.17, 15) is 4.79 Å². The minimum absolute atomic E-state index is 0.166. The SMILES string of the molecule is O=c1n(Cc2ccccc2)c2sc3c(c2c2nc(-c4ccco4)nn12)CCCC3. The van der Waals surface area contributed by atoms with Gasteiger partial charge in [-0.3, -0.25) is 4.57 Å². The Morgan fingerprint density at radius 1 is 1.07 bits per heavy atom. The van der Waals surface area contributed by atoms with E-state index in [4.69, 9.17) is 9.40 Å². The fourth-order valence-electron chi connectivity index (χ4n) is 4.20. The summed E-state index contributed by atoms with van der Waals surface area (Å²) in [5.74, 6) is 1.02. The standard InChI is InChI=1S/C22H18N4O2S/c27-22-25(13-14-7-2-1-3-8-14)21-18(15-9-4-5-11-17(15)29-21)20-23-19(24-26(20)22)16-10-6-12-28-16/h1-3,6-8,10,12H,4-5,9,11,13H2. The number of thiophene rings is 1. The van der Waals surface area contributed by atoms with Crippen LogP contribution in [-0.4, -0.2) is 19.2 Å². The van der Waals surface area contributed by atoms with Gasteiger partial charge in [0.1, 0.15) is 4.83 Å². The van der Waals surface area contributed by atoms with Gasteiger partial charge in [-0.25, -0.2) is 9.78 Å². The molecule has 6 nitrogen and oxygen atoms in total. The Bertz CT molecular complexity index is 1390. The van der Waals surface area contributed by atoms with Crippen molar-refractivity contribution in [2.75, 3.05) is 0 Å². The van der Waals surface area contributed by atoms with Crippen molar-refractivity contribution in [2.45, 2.75) is 32.2 Å². The number of hydrogen-bond acceptors (Lipinski definition) is 5. The predicted molar refractivity (Wildman–Crippen MR) is 113 cm³/mol. The fraction of sp³-hybridized carbons (Fsp3) is 0.227. The summed E-state index contributed by atoms with van der Waals surface area (Å²) in [4.78, 5) is 20.5. The van der Waals surface area contributed by atoms with Gasteiger partial charge >= 0.3 is 5.69 Å². The number of furan rings is 1. The summed E-state index contributed by atoms with van der Waals surface area (Å²) >= 11 is 1.74.